The normalized spacial score (nSPS) is 11.1. The van der Waals surface area contributed by atoms with Crippen LogP contribution in [0.2, 0.25) is 0 Å². The zero-order valence-corrected chi connectivity index (χ0v) is 12.1. The molecule has 0 bridgehead atoms. The number of pyridine rings is 1. The number of nitrogens with one attached hydrogen (secondary N) is 1. The number of hydrogen-bond acceptors (Lipinski definition) is 4. The molecule has 0 spiro atoms. The molecule has 0 saturated carbocycles. The molecule has 0 fully saturated rings. The van der Waals surface area contributed by atoms with Crippen LogP contribution in [0.25, 0.3) is 0 Å². The van der Waals surface area contributed by atoms with Crippen LogP contribution in [-0.2, 0) is 17.6 Å². The highest BCUT2D eigenvalue weighted by Gasteiger charge is 2.29. The Labute approximate surface area is 130 Å². The summed E-state index contributed by atoms with van der Waals surface area (Å²) in [7, 11) is 0. The Morgan fingerprint density at radius 2 is 1.87 bits per heavy atom. The van der Waals surface area contributed by atoms with Crippen molar-refractivity contribution in [2.45, 2.75) is 19.7 Å². The quantitative estimate of drug-likeness (QED) is 0.905. The molecule has 1 amide bonds. The molecular formula is C15H14F3N3O2. The Bertz CT molecular complexity index is 700. The number of aromatic nitrogens is 1. The Kier molecular flexibility index (Phi) is 4.73. The van der Waals surface area contributed by atoms with Crippen molar-refractivity contribution in [3.63, 3.8) is 0 Å². The molecule has 0 aliphatic carbocycles. The van der Waals surface area contributed by atoms with Gasteiger partial charge in [0.05, 0.1) is 11.3 Å². The highest BCUT2D eigenvalue weighted by molar-refractivity contribution is 5.90. The smallest absolute Gasteiger partial charge is 0.416 e. The van der Waals surface area contributed by atoms with E-state index in [4.69, 9.17) is 10.5 Å². The maximum atomic E-state index is 12.5. The summed E-state index contributed by atoms with van der Waals surface area (Å²) in [5, 5.41) is 2.46. The predicted octanol–water partition coefficient (Wildman–Crippen LogP) is 3.22. The van der Waals surface area contributed by atoms with E-state index in [1.54, 1.807) is 0 Å². The first kappa shape index (κ1) is 16.6. The van der Waals surface area contributed by atoms with Crippen molar-refractivity contribution in [2.24, 2.45) is 0 Å². The number of benzene rings is 1. The van der Waals surface area contributed by atoms with Gasteiger partial charge in [-0.3, -0.25) is 4.79 Å². The third kappa shape index (κ3) is 4.60. The van der Waals surface area contributed by atoms with E-state index >= 15 is 0 Å². The second-order valence-electron chi connectivity index (χ2n) is 4.75. The van der Waals surface area contributed by atoms with Crippen molar-refractivity contribution in [3.05, 3.63) is 47.5 Å². The molecule has 3 N–H and O–H groups in total. The summed E-state index contributed by atoms with van der Waals surface area (Å²) < 4.78 is 42.8. The first-order chi connectivity index (χ1) is 10.8. The van der Waals surface area contributed by atoms with Crippen molar-refractivity contribution in [3.8, 4) is 5.88 Å². The zero-order chi connectivity index (χ0) is 17.0. The highest BCUT2D eigenvalue weighted by atomic mass is 19.4. The highest BCUT2D eigenvalue weighted by Crippen LogP contribution is 2.29. The number of nitrogens with two attached hydrogens (primary N) is 1. The van der Waals surface area contributed by atoms with Gasteiger partial charge < -0.3 is 15.8 Å². The number of halogens is 3. The molecule has 0 aliphatic rings. The van der Waals surface area contributed by atoms with Crippen LogP contribution in [0, 0.1) is 0 Å². The Balaban J connectivity index is 2.04. The second kappa shape index (κ2) is 6.55. The summed E-state index contributed by atoms with van der Waals surface area (Å²) in [5.41, 5.74) is 5.77. The summed E-state index contributed by atoms with van der Waals surface area (Å²) in [4.78, 5) is 15.1. The molecule has 1 aromatic heterocycles. The van der Waals surface area contributed by atoms with Crippen molar-refractivity contribution in [2.75, 3.05) is 11.1 Å². The molecule has 0 saturated heterocycles. The van der Waals surface area contributed by atoms with E-state index in [0.717, 1.165) is 12.1 Å². The van der Waals surface area contributed by atoms with Gasteiger partial charge in [-0.1, -0.05) is 12.1 Å². The summed E-state index contributed by atoms with van der Waals surface area (Å²) >= 11 is 0. The number of carbonyl (C=O) groups excluding carboxylic acids is 1. The molecule has 2 aromatic rings. The van der Waals surface area contributed by atoms with Gasteiger partial charge in [0.25, 0.3) is 0 Å². The number of nitrogen functional groups attached to an aromatic ring is 1. The molecule has 0 aliphatic heterocycles. The lowest BCUT2D eigenvalue weighted by atomic mass is 10.1. The largest absolute Gasteiger partial charge is 0.473 e. The van der Waals surface area contributed by atoms with Crippen molar-refractivity contribution in [1.29, 1.82) is 0 Å². The Hall–Kier alpha value is -2.77. The Morgan fingerprint density at radius 3 is 2.43 bits per heavy atom. The maximum absolute atomic E-state index is 12.5. The van der Waals surface area contributed by atoms with Crippen LogP contribution in [0.5, 0.6) is 5.88 Å². The second-order valence-corrected chi connectivity index (χ2v) is 4.75. The van der Waals surface area contributed by atoms with Gasteiger partial charge >= 0.3 is 6.18 Å². The standard InChI is InChI=1S/C15H14F3N3O2/c1-9(22)20-14-12(19)6-7-13(21-14)23-8-10-2-4-11(5-3-10)15(16,17)18/h2-7H,8,19H2,1H3,(H,20,21,22). The molecule has 8 heteroatoms. The van der Waals surface area contributed by atoms with E-state index in [0.29, 0.717) is 5.56 Å². The Morgan fingerprint density at radius 1 is 1.22 bits per heavy atom. The van der Waals surface area contributed by atoms with Crippen molar-refractivity contribution >= 4 is 17.4 Å². The van der Waals surface area contributed by atoms with E-state index in [1.807, 2.05) is 0 Å². The molecule has 122 valence electrons. The van der Waals surface area contributed by atoms with Gasteiger partial charge in [0.15, 0.2) is 5.82 Å². The number of hydrogen-bond donors (Lipinski definition) is 2. The molecule has 0 radical (unpaired) electrons. The molecule has 0 unspecified atom stereocenters. The van der Waals surface area contributed by atoms with Crippen molar-refractivity contribution < 1.29 is 22.7 Å². The number of carbonyl (C=O) groups is 1. The van der Waals surface area contributed by atoms with Gasteiger partial charge in [-0.15, -0.1) is 0 Å². The van der Waals surface area contributed by atoms with Crippen LogP contribution in [0.15, 0.2) is 36.4 Å². The third-order valence-electron chi connectivity index (χ3n) is 2.86. The van der Waals surface area contributed by atoms with E-state index < -0.39 is 11.7 Å². The average Bonchev–Trinajstić information content (AvgIpc) is 2.47. The summed E-state index contributed by atoms with van der Waals surface area (Å²) in [6.07, 6.45) is -4.37. The molecule has 1 aromatic carbocycles. The lowest BCUT2D eigenvalue weighted by Gasteiger charge is -2.10. The fourth-order valence-corrected chi connectivity index (χ4v) is 1.75. The van der Waals surface area contributed by atoms with Gasteiger partial charge in [0.2, 0.25) is 11.8 Å². The fourth-order valence-electron chi connectivity index (χ4n) is 1.75. The topological polar surface area (TPSA) is 77.2 Å². The molecular weight excluding hydrogens is 311 g/mol. The van der Waals surface area contributed by atoms with Gasteiger partial charge in [-0.25, -0.2) is 0 Å². The maximum Gasteiger partial charge on any atom is 0.416 e. The number of alkyl halides is 3. The average molecular weight is 325 g/mol. The van der Waals surface area contributed by atoms with E-state index in [9.17, 15) is 18.0 Å². The van der Waals surface area contributed by atoms with Crippen LogP contribution in [0.4, 0.5) is 24.7 Å². The van der Waals surface area contributed by atoms with Gasteiger partial charge in [-0.2, -0.15) is 18.2 Å². The summed E-state index contributed by atoms with van der Waals surface area (Å²) in [6.45, 7) is 1.35. The lowest BCUT2D eigenvalue weighted by Crippen LogP contribution is -2.10. The monoisotopic (exact) mass is 325 g/mol. The van der Waals surface area contributed by atoms with Crippen LogP contribution in [0.1, 0.15) is 18.1 Å². The van der Waals surface area contributed by atoms with Crippen LogP contribution >= 0.6 is 0 Å². The van der Waals surface area contributed by atoms with E-state index in [-0.39, 0.29) is 29.9 Å². The minimum absolute atomic E-state index is 0.0363. The number of amides is 1. The van der Waals surface area contributed by atoms with Crippen LogP contribution < -0.4 is 15.8 Å². The predicted molar refractivity (Wildman–Crippen MR) is 78.7 cm³/mol. The number of ether oxygens (including phenoxy) is 1. The van der Waals surface area contributed by atoms with Gasteiger partial charge in [-0.05, 0) is 23.8 Å². The molecule has 23 heavy (non-hydrogen) atoms. The fraction of sp³-hybridized carbons (Fsp3) is 0.200. The minimum Gasteiger partial charge on any atom is -0.473 e. The molecule has 5 nitrogen and oxygen atoms in total. The number of nitrogens with zero attached hydrogens (tertiary/aromatic N) is 1. The van der Waals surface area contributed by atoms with Crippen molar-refractivity contribution in [1.82, 2.24) is 4.98 Å². The summed E-state index contributed by atoms with van der Waals surface area (Å²) in [5.74, 6) is 0.0364. The van der Waals surface area contributed by atoms with Crippen LogP contribution in [-0.4, -0.2) is 10.9 Å². The van der Waals surface area contributed by atoms with E-state index in [2.05, 4.69) is 10.3 Å². The first-order valence-corrected chi connectivity index (χ1v) is 6.59. The molecule has 1 heterocycles. The zero-order valence-electron chi connectivity index (χ0n) is 12.1. The first-order valence-electron chi connectivity index (χ1n) is 6.59. The number of anilines is 2. The minimum atomic E-state index is -4.37. The van der Waals surface area contributed by atoms with E-state index in [1.165, 1.54) is 31.2 Å². The third-order valence-corrected chi connectivity index (χ3v) is 2.86. The lowest BCUT2D eigenvalue weighted by molar-refractivity contribution is -0.137. The van der Waals surface area contributed by atoms with Crippen LogP contribution in [0.3, 0.4) is 0 Å². The summed E-state index contributed by atoms with van der Waals surface area (Å²) in [6, 6.07) is 7.64. The number of rotatable bonds is 4. The molecule has 0 atom stereocenters. The van der Waals surface area contributed by atoms with Gasteiger partial charge in [0.1, 0.15) is 6.61 Å². The van der Waals surface area contributed by atoms with Gasteiger partial charge in [0, 0.05) is 13.0 Å². The molecule has 2 rings (SSSR count). The SMILES string of the molecule is CC(=O)Nc1nc(OCc2ccc(C(F)(F)F)cc2)ccc1N.